The Labute approximate surface area is 227 Å². The standard InChI is InChI=1S/C30H22ClNO7/c1-13-9-23(34)26-21(27(13)35)12-20-17(24(26)18-6-5-16(33)11-22(18)31)7-8-19-25(20)29(37)32(28(19)36)15-4-2-3-14(10-15)30(38)39/h2-7,9-11,19-20,24-25,33H,8,12H2,1H3,(H,38,39)/t19-,20+,24+,25-/m0/s1. The molecule has 0 saturated carbocycles. The lowest BCUT2D eigenvalue weighted by Gasteiger charge is -2.42. The fraction of sp³-hybridized carbons (Fsp3) is 0.233. The number of phenolic OH excluding ortho intramolecular Hbond substituents is 1. The molecule has 2 aromatic carbocycles. The minimum atomic E-state index is -1.18. The zero-order chi connectivity index (χ0) is 27.7. The van der Waals surface area contributed by atoms with Crippen LogP contribution < -0.4 is 4.90 Å². The number of anilines is 1. The van der Waals surface area contributed by atoms with Crippen molar-refractivity contribution in [3.05, 3.63) is 93.1 Å². The number of imide groups is 1. The number of halogens is 1. The number of Topliss-reactive ketones (excluding diaryl/α,β-unsaturated/α-hetero) is 1. The molecule has 1 saturated heterocycles. The van der Waals surface area contributed by atoms with E-state index in [0.717, 1.165) is 10.5 Å². The van der Waals surface area contributed by atoms with Gasteiger partial charge >= 0.3 is 5.97 Å². The van der Waals surface area contributed by atoms with Crippen LogP contribution in [0.3, 0.4) is 0 Å². The lowest BCUT2D eigenvalue weighted by Crippen LogP contribution is -2.39. The number of allylic oxidation sites excluding steroid dienone is 6. The molecule has 0 unspecified atom stereocenters. The third kappa shape index (κ3) is 3.70. The first-order chi connectivity index (χ1) is 18.6. The number of hydrogen-bond acceptors (Lipinski definition) is 6. The van der Waals surface area contributed by atoms with E-state index in [0.29, 0.717) is 22.3 Å². The van der Waals surface area contributed by atoms with Crippen LogP contribution in [0.1, 0.15) is 41.6 Å². The average molecular weight is 544 g/mol. The number of rotatable bonds is 3. The van der Waals surface area contributed by atoms with Crippen molar-refractivity contribution in [2.24, 2.45) is 17.8 Å². The molecule has 0 aromatic heterocycles. The Morgan fingerprint density at radius 1 is 1.03 bits per heavy atom. The third-order valence-corrected chi connectivity index (χ3v) is 8.54. The van der Waals surface area contributed by atoms with Gasteiger partial charge in [-0.25, -0.2) is 4.79 Å². The molecule has 8 nitrogen and oxygen atoms in total. The minimum Gasteiger partial charge on any atom is -0.508 e. The molecule has 1 heterocycles. The number of fused-ring (bicyclic) bond motifs is 3. The minimum absolute atomic E-state index is 0.0511. The lowest BCUT2D eigenvalue weighted by atomic mass is 9.59. The van der Waals surface area contributed by atoms with Crippen LogP contribution in [0.2, 0.25) is 5.02 Å². The molecular formula is C30H22ClNO7. The summed E-state index contributed by atoms with van der Waals surface area (Å²) in [7, 11) is 0. The number of carboxylic acid groups (broad SMARTS) is 1. The monoisotopic (exact) mass is 543 g/mol. The largest absolute Gasteiger partial charge is 0.508 e. The van der Waals surface area contributed by atoms with E-state index in [1.807, 2.05) is 6.08 Å². The van der Waals surface area contributed by atoms with E-state index in [-0.39, 0.29) is 46.4 Å². The summed E-state index contributed by atoms with van der Waals surface area (Å²) in [5, 5.41) is 19.6. The zero-order valence-corrected chi connectivity index (χ0v) is 21.4. The maximum absolute atomic E-state index is 13.9. The summed E-state index contributed by atoms with van der Waals surface area (Å²) in [5.41, 5.74) is 2.30. The van der Waals surface area contributed by atoms with Crippen molar-refractivity contribution in [1.82, 2.24) is 0 Å². The molecule has 9 heteroatoms. The Kier molecular flexibility index (Phi) is 5.69. The fourth-order valence-electron chi connectivity index (χ4n) is 6.52. The van der Waals surface area contributed by atoms with Crippen LogP contribution in [0, 0.1) is 17.8 Å². The topological polar surface area (TPSA) is 129 Å². The molecule has 0 radical (unpaired) electrons. The van der Waals surface area contributed by atoms with Crippen LogP contribution >= 0.6 is 11.6 Å². The molecule has 1 aliphatic heterocycles. The number of aromatic hydroxyl groups is 1. The summed E-state index contributed by atoms with van der Waals surface area (Å²) in [6.07, 6.45) is 3.54. The molecule has 1 fully saturated rings. The molecule has 39 heavy (non-hydrogen) atoms. The molecule has 2 aromatic rings. The van der Waals surface area contributed by atoms with Crippen molar-refractivity contribution in [2.45, 2.75) is 25.7 Å². The predicted octanol–water partition coefficient (Wildman–Crippen LogP) is 4.38. The van der Waals surface area contributed by atoms with Gasteiger partial charge in [-0.05, 0) is 67.7 Å². The van der Waals surface area contributed by atoms with Gasteiger partial charge in [-0.15, -0.1) is 0 Å². The first-order valence-corrected chi connectivity index (χ1v) is 12.9. The number of benzene rings is 2. The van der Waals surface area contributed by atoms with Gasteiger partial charge in [-0.1, -0.05) is 35.4 Å². The van der Waals surface area contributed by atoms with Gasteiger partial charge in [0.25, 0.3) is 0 Å². The molecule has 196 valence electrons. The Morgan fingerprint density at radius 2 is 1.79 bits per heavy atom. The number of aromatic carboxylic acids is 1. The summed E-state index contributed by atoms with van der Waals surface area (Å²) in [4.78, 5) is 66.6. The number of amides is 2. The van der Waals surface area contributed by atoms with Crippen LogP contribution in [0.5, 0.6) is 5.75 Å². The Morgan fingerprint density at radius 3 is 2.51 bits per heavy atom. The molecule has 0 bridgehead atoms. The second kappa shape index (κ2) is 8.88. The summed E-state index contributed by atoms with van der Waals surface area (Å²) < 4.78 is 0. The quantitative estimate of drug-likeness (QED) is 0.334. The number of hydrogen-bond donors (Lipinski definition) is 2. The number of ketones is 2. The third-order valence-electron chi connectivity index (χ3n) is 8.21. The van der Waals surface area contributed by atoms with Crippen molar-refractivity contribution in [3.63, 3.8) is 0 Å². The number of carbonyl (C=O) groups excluding carboxylic acids is 4. The molecule has 2 amide bonds. The van der Waals surface area contributed by atoms with Gasteiger partial charge in [0.2, 0.25) is 11.8 Å². The number of carbonyl (C=O) groups is 5. The summed E-state index contributed by atoms with van der Waals surface area (Å²) >= 11 is 6.55. The van der Waals surface area contributed by atoms with E-state index >= 15 is 0 Å². The van der Waals surface area contributed by atoms with Crippen molar-refractivity contribution >= 4 is 46.6 Å². The Bertz CT molecular complexity index is 1630. The van der Waals surface area contributed by atoms with Gasteiger partial charge in [0.05, 0.1) is 23.1 Å². The second-order valence-corrected chi connectivity index (χ2v) is 10.7. The number of nitrogens with zero attached hydrogens (tertiary/aromatic N) is 1. The maximum atomic E-state index is 13.9. The van der Waals surface area contributed by atoms with E-state index < -0.39 is 41.5 Å². The first kappa shape index (κ1) is 25.0. The van der Waals surface area contributed by atoms with Crippen LogP contribution in [0.25, 0.3) is 0 Å². The highest BCUT2D eigenvalue weighted by atomic mass is 35.5. The lowest BCUT2D eigenvalue weighted by molar-refractivity contribution is -0.123. The van der Waals surface area contributed by atoms with Gasteiger partial charge in [0.15, 0.2) is 11.6 Å². The Hall–Kier alpha value is -4.30. The smallest absolute Gasteiger partial charge is 0.335 e. The van der Waals surface area contributed by atoms with Gasteiger partial charge in [-0.3, -0.25) is 24.1 Å². The average Bonchev–Trinajstić information content (AvgIpc) is 3.16. The van der Waals surface area contributed by atoms with E-state index in [4.69, 9.17) is 11.6 Å². The summed E-state index contributed by atoms with van der Waals surface area (Å²) in [6, 6.07) is 10.1. The summed E-state index contributed by atoms with van der Waals surface area (Å²) in [5.74, 6) is -5.48. The predicted molar refractivity (Wildman–Crippen MR) is 140 cm³/mol. The molecule has 3 aliphatic carbocycles. The Balaban J connectivity index is 1.48. The highest BCUT2D eigenvalue weighted by Crippen LogP contribution is 2.56. The molecular weight excluding hydrogens is 522 g/mol. The maximum Gasteiger partial charge on any atom is 0.335 e. The number of carboxylic acids is 1. The molecule has 0 spiro atoms. The number of phenols is 1. The van der Waals surface area contributed by atoms with E-state index in [1.165, 1.54) is 42.5 Å². The van der Waals surface area contributed by atoms with Crippen LogP contribution in [0.4, 0.5) is 5.69 Å². The molecule has 2 N–H and O–H groups in total. The van der Waals surface area contributed by atoms with E-state index in [9.17, 15) is 34.2 Å². The highest BCUT2D eigenvalue weighted by Gasteiger charge is 2.56. The molecule has 4 atom stereocenters. The van der Waals surface area contributed by atoms with Gasteiger partial charge in [-0.2, -0.15) is 0 Å². The van der Waals surface area contributed by atoms with E-state index in [2.05, 4.69) is 0 Å². The fourth-order valence-corrected chi connectivity index (χ4v) is 6.80. The van der Waals surface area contributed by atoms with Crippen molar-refractivity contribution in [3.8, 4) is 5.75 Å². The second-order valence-electron chi connectivity index (χ2n) is 10.3. The summed E-state index contributed by atoms with van der Waals surface area (Å²) in [6.45, 7) is 1.57. The van der Waals surface area contributed by atoms with Crippen molar-refractivity contribution in [2.75, 3.05) is 4.90 Å². The van der Waals surface area contributed by atoms with Crippen LogP contribution in [-0.4, -0.2) is 39.6 Å². The van der Waals surface area contributed by atoms with Crippen molar-refractivity contribution < 1.29 is 34.2 Å². The normalized spacial score (nSPS) is 26.2. The highest BCUT2D eigenvalue weighted by molar-refractivity contribution is 6.32. The molecule has 6 rings (SSSR count). The first-order valence-electron chi connectivity index (χ1n) is 12.5. The van der Waals surface area contributed by atoms with Gasteiger partial charge < -0.3 is 10.2 Å². The SMILES string of the molecule is CC1=CC(=O)C2=C(C[C@@H]3C(=CC[C@@H]4C(=O)N(c5cccc(C(=O)O)c5)C(=O)[C@@H]43)[C@@H]2c2ccc(O)cc2Cl)C1=O. The zero-order valence-electron chi connectivity index (χ0n) is 20.7. The van der Waals surface area contributed by atoms with Gasteiger partial charge in [0, 0.05) is 27.7 Å². The van der Waals surface area contributed by atoms with E-state index in [1.54, 1.807) is 13.0 Å². The van der Waals surface area contributed by atoms with Crippen LogP contribution in [0.15, 0.2) is 76.9 Å². The van der Waals surface area contributed by atoms with Crippen molar-refractivity contribution in [1.29, 1.82) is 0 Å². The van der Waals surface area contributed by atoms with Crippen LogP contribution in [-0.2, 0) is 19.2 Å². The van der Waals surface area contributed by atoms with Gasteiger partial charge in [0.1, 0.15) is 5.75 Å². The molecule has 4 aliphatic rings.